The Hall–Kier alpha value is -2.87. The number of amides is 1. The third kappa shape index (κ3) is 5.07. The third-order valence-corrected chi connectivity index (χ3v) is 5.97. The quantitative estimate of drug-likeness (QED) is 0.437. The fourth-order valence-electron chi connectivity index (χ4n) is 4.39. The number of piperazine rings is 1. The Labute approximate surface area is 183 Å². The average Bonchev–Trinajstić information content (AvgIpc) is 3.22. The molecule has 1 aliphatic carbocycles. The topological polar surface area (TPSA) is 75.0 Å². The van der Waals surface area contributed by atoms with E-state index in [4.69, 9.17) is 4.74 Å². The molecule has 2 aromatic rings. The number of hydrogen-bond donors (Lipinski definition) is 1. The fraction of sp³-hybridized carbons (Fsp3) is 0.522. The number of carbonyl (C=O) groups is 1. The highest BCUT2D eigenvalue weighted by Crippen LogP contribution is 2.32. The summed E-state index contributed by atoms with van der Waals surface area (Å²) in [5, 5.41) is 7.55. The van der Waals surface area contributed by atoms with Crippen molar-refractivity contribution in [1.82, 2.24) is 20.0 Å². The van der Waals surface area contributed by atoms with Crippen LogP contribution in [0.2, 0.25) is 0 Å². The molecule has 1 aliphatic heterocycles. The van der Waals surface area contributed by atoms with E-state index in [1.807, 2.05) is 18.1 Å². The minimum absolute atomic E-state index is 0.0569. The summed E-state index contributed by atoms with van der Waals surface area (Å²) < 4.78 is 7.90. The second kappa shape index (κ2) is 9.96. The number of nitrogens with one attached hydrogen (secondary N) is 1. The minimum Gasteiger partial charge on any atom is -0.373 e. The molecule has 1 N–H and O–H groups in total. The molecule has 1 unspecified atom stereocenters. The number of carbonyl (C=O) groups excluding carboxylic acids is 1. The number of aromatic nitrogens is 2. The van der Waals surface area contributed by atoms with E-state index < -0.39 is 0 Å². The molecule has 0 spiro atoms. The fourth-order valence-corrected chi connectivity index (χ4v) is 4.39. The Balaban J connectivity index is 1.21. The van der Waals surface area contributed by atoms with Crippen LogP contribution in [0.1, 0.15) is 36.5 Å². The highest BCUT2D eigenvalue weighted by atomic mass is 16.5. The van der Waals surface area contributed by atoms with Gasteiger partial charge >= 0.3 is 0 Å². The van der Waals surface area contributed by atoms with E-state index in [0.29, 0.717) is 19.7 Å². The molecule has 8 nitrogen and oxygen atoms in total. The first-order chi connectivity index (χ1) is 15.2. The van der Waals surface area contributed by atoms with Crippen LogP contribution in [0.25, 0.3) is 0 Å². The van der Waals surface area contributed by atoms with Crippen molar-refractivity contribution in [3.8, 4) is 0 Å². The Morgan fingerprint density at radius 2 is 2.19 bits per heavy atom. The van der Waals surface area contributed by atoms with Crippen LogP contribution >= 0.6 is 0 Å². The number of hydrogen-bond acceptors (Lipinski definition) is 4. The van der Waals surface area contributed by atoms with E-state index in [0.717, 1.165) is 44.0 Å². The van der Waals surface area contributed by atoms with E-state index in [1.165, 1.54) is 17.5 Å². The molecule has 0 radical (unpaired) electrons. The average molecular weight is 425 g/mol. The maximum atomic E-state index is 12.6. The van der Waals surface area contributed by atoms with E-state index in [9.17, 15) is 4.79 Å². The lowest BCUT2D eigenvalue weighted by atomic mass is 9.89. The van der Waals surface area contributed by atoms with Gasteiger partial charge in [0.15, 0.2) is 5.96 Å². The van der Waals surface area contributed by atoms with Gasteiger partial charge in [0.2, 0.25) is 5.91 Å². The Kier molecular flexibility index (Phi) is 6.86. The lowest BCUT2D eigenvalue weighted by molar-refractivity contribution is -0.120. The van der Waals surface area contributed by atoms with Gasteiger partial charge in [-0.1, -0.05) is 24.3 Å². The van der Waals surface area contributed by atoms with Gasteiger partial charge in [-0.15, -0.1) is 0 Å². The second-order valence-electron chi connectivity index (χ2n) is 8.12. The van der Waals surface area contributed by atoms with E-state index >= 15 is 0 Å². The molecule has 1 fully saturated rings. The number of guanidine groups is 1. The zero-order valence-corrected chi connectivity index (χ0v) is 18.5. The Bertz CT molecular complexity index is 924. The summed E-state index contributed by atoms with van der Waals surface area (Å²) in [4.78, 5) is 20.8. The molecule has 2 heterocycles. The number of rotatable bonds is 6. The summed E-state index contributed by atoms with van der Waals surface area (Å²) in [6.45, 7) is 3.13. The first kappa shape index (κ1) is 21.4. The molecule has 8 heteroatoms. The number of anilines is 1. The van der Waals surface area contributed by atoms with E-state index in [1.54, 1.807) is 22.8 Å². The zero-order valence-electron chi connectivity index (χ0n) is 18.5. The summed E-state index contributed by atoms with van der Waals surface area (Å²) in [6.07, 6.45) is 8.13. The van der Waals surface area contributed by atoms with Gasteiger partial charge in [0, 0.05) is 46.5 Å². The Morgan fingerprint density at radius 3 is 2.97 bits per heavy atom. The smallest absolute Gasteiger partial charge is 0.246 e. The minimum atomic E-state index is 0.0569. The molecule has 0 bridgehead atoms. The second-order valence-corrected chi connectivity index (χ2v) is 8.12. The first-order valence-corrected chi connectivity index (χ1v) is 11.1. The van der Waals surface area contributed by atoms with Crippen molar-refractivity contribution in [3.05, 3.63) is 47.8 Å². The number of nitrogens with zero attached hydrogens (tertiary/aromatic N) is 5. The van der Waals surface area contributed by atoms with Crippen molar-refractivity contribution < 1.29 is 9.53 Å². The lowest BCUT2D eigenvalue weighted by Crippen LogP contribution is -2.55. The number of benzene rings is 1. The monoisotopic (exact) mass is 424 g/mol. The van der Waals surface area contributed by atoms with Crippen LogP contribution in [0.15, 0.2) is 41.7 Å². The van der Waals surface area contributed by atoms with Gasteiger partial charge in [0.1, 0.15) is 6.54 Å². The molecule has 4 rings (SSSR count). The standard InChI is InChI=1S/C23H32N6O2/c1-24-23(28-12-13-29(22(30)17-28)19-15-26-27(2)16-19)25-11-6-14-31-21-10-5-8-18-7-3-4-9-20(18)21/h3-4,7,9,15-16,21H,5-6,8,10-14,17H2,1-2H3,(H,24,25). The Morgan fingerprint density at radius 1 is 1.32 bits per heavy atom. The zero-order chi connectivity index (χ0) is 21.6. The third-order valence-electron chi connectivity index (χ3n) is 5.97. The van der Waals surface area contributed by atoms with Gasteiger partial charge in [0.25, 0.3) is 0 Å². The number of aryl methyl sites for hydroxylation is 2. The normalized spacial score (nSPS) is 19.5. The van der Waals surface area contributed by atoms with Crippen LogP contribution in [0.5, 0.6) is 0 Å². The number of ether oxygens (including phenoxy) is 1. The van der Waals surface area contributed by atoms with Crippen molar-refractivity contribution in [2.24, 2.45) is 12.0 Å². The van der Waals surface area contributed by atoms with E-state index in [2.05, 4.69) is 39.7 Å². The molecule has 1 amide bonds. The summed E-state index contributed by atoms with van der Waals surface area (Å²) in [5.41, 5.74) is 3.62. The van der Waals surface area contributed by atoms with Crippen LogP contribution in [0, 0.1) is 0 Å². The van der Waals surface area contributed by atoms with Crippen molar-refractivity contribution in [2.75, 3.05) is 44.7 Å². The molecular weight excluding hydrogens is 392 g/mol. The first-order valence-electron chi connectivity index (χ1n) is 11.1. The molecule has 2 aliphatic rings. The predicted molar refractivity (Wildman–Crippen MR) is 121 cm³/mol. The van der Waals surface area contributed by atoms with Gasteiger partial charge in [0.05, 0.1) is 18.0 Å². The maximum absolute atomic E-state index is 12.6. The predicted octanol–water partition coefficient (Wildman–Crippen LogP) is 2.13. The lowest BCUT2D eigenvalue weighted by Gasteiger charge is -2.35. The van der Waals surface area contributed by atoms with Crippen LogP contribution in [0.4, 0.5) is 5.69 Å². The highest BCUT2D eigenvalue weighted by molar-refractivity contribution is 5.98. The van der Waals surface area contributed by atoms with Gasteiger partial charge in [-0.25, -0.2) is 0 Å². The van der Waals surface area contributed by atoms with Gasteiger partial charge in [-0.3, -0.25) is 14.5 Å². The van der Waals surface area contributed by atoms with Gasteiger partial charge in [-0.05, 0) is 36.8 Å². The van der Waals surface area contributed by atoms with Crippen molar-refractivity contribution >= 4 is 17.6 Å². The summed E-state index contributed by atoms with van der Waals surface area (Å²) >= 11 is 0. The molecule has 0 saturated carbocycles. The molecular formula is C23H32N6O2. The van der Waals surface area contributed by atoms with Gasteiger partial charge < -0.3 is 19.9 Å². The summed E-state index contributed by atoms with van der Waals surface area (Å²) in [5.74, 6) is 0.823. The van der Waals surface area contributed by atoms with Crippen molar-refractivity contribution in [1.29, 1.82) is 0 Å². The molecule has 166 valence electrons. The SMILES string of the molecule is CN=C(NCCCOC1CCCc2ccccc21)N1CCN(c2cnn(C)c2)C(=O)C1. The number of fused-ring (bicyclic) bond motifs is 1. The van der Waals surface area contributed by atoms with Crippen LogP contribution < -0.4 is 10.2 Å². The molecule has 31 heavy (non-hydrogen) atoms. The summed E-state index contributed by atoms with van der Waals surface area (Å²) in [6, 6.07) is 8.62. The van der Waals surface area contributed by atoms with Crippen molar-refractivity contribution in [2.45, 2.75) is 31.8 Å². The molecule has 1 aromatic carbocycles. The van der Waals surface area contributed by atoms with Crippen LogP contribution in [-0.2, 0) is 23.0 Å². The number of aliphatic imine (C=N–C) groups is 1. The molecule has 1 saturated heterocycles. The highest BCUT2D eigenvalue weighted by Gasteiger charge is 2.27. The maximum Gasteiger partial charge on any atom is 0.246 e. The van der Waals surface area contributed by atoms with Crippen molar-refractivity contribution in [3.63, 3.8) is 0 Å². The molecule has 1 aromatic heterocycles. The summed E-state index contributed by atoms with van der Waals surface area (Å²) in [7, 11) is 3.61. The van der Waals surface area contributed by atoms with Gasteiger partial charge in [-0.2, -0.15) is 5.10 Å². The molecule has 1 atom stereocenters. The van der Waals surface area contributed by atoms with E-state index in [-0.39, 0.29) is 12.0 Å². The van der Waals surface area contributed by atoms with Crippen LogP contribution in [-0.4, -0.2) is 66.4 Å². The largest absolute Gasteiger partial charge is 0.373 e. The van der Waals surface area contributed by atoms with Crippen LogP contribution in [0.3, 0.4) is 0 Å².